The number of hydrogen-bond donors (Lipinski definition) is 1. The van der Waals surface area contributed by atoms with Crippen LogP contribution in [0.3, 0.4) is 0 Å². The third kappa shape index (κ3) is 4.51. The van der Waals surface area contributed by atoms with Crippen LogP contribution in [0, 0.1) is 5.92 Å². The summed E-state index contributed by atoms with van der Waals surface area (Å²) < 4.78 is 65.4. The van der Waals surface area contributed by atoms with Crippen LogP contribution in [0.2, 0.25) is 5.02 Å². The van der Waals surface area contributed by atoms with E-state index in [4.69, 9.17) is 11.6 Å². The molecule has 1 aromatic heterocycles. The van der Waals surface area contributed by atoms with Gasteiger partial charge in [0.15, 0.2) is 0 Å². The standard InChI is InChI=1S/C17H16ClF3N2O3S2/c18-13-6-5-12(17(19,20)21)9-14(13)22-16(24)11-3-1-7-23(10-11)28(25,26)15-4-2-8-27-15/h2,4-6,8-9,11H,1,3,7,10H2,(H,22,24)/t11-/m1/s1. The van der Waals surface area contributed by atoms with Crippen molar-refractivity contribution in [3.63, 3.8) is 0 Å². The van der Waals surface area contributed by atoms with Crippen molar-refractivity contribution in [3.8, 4) is 0 Å². The predicted molar refractivity (Wildman–Crippen MR) is 101 cm³/mol. The second-order valence-electron chi connectivity index (χ2n) is 6.32. The minimum atomic E-state index is -4.57. The highest BCUT2D eigenvalue weighted by Crippen LogP contribution is 2.34. The Morgan fingerprint density at radius 1 is 1.29 bits per heavy atom. The molecule has 11 heteroatoms. The van der Waals surface area contributed by atoms with Crippen LogP contribution in [-0.4, -0.2) is 31.7 Å². The van der Waals surface area contributed by atoms with Gasteiger partial charge in [-0.05, 0) is 42.5 Å². The van der Waals surface area contributed by atoms with Crippen LogP contribution in [0.5, 0.6) is 0 Å². The lowest BCUT2D eigenvalue weighted by atomic mass is 9.98. The van der Waals surface area contributed by atoms with Crippen molar-refractivity contribution >= 4 is 44.6 Å². The molecular weight excluding hydrogens is 437 g/mol. The van der Waals surface area contributed by atoms with Crippen LogP contribution >= 0.6 is 22.9 Å². The topological polar surface area (TPSA) is 66.5 Å². The van der Waals surface area contributed by atoms with Crippen molar-refractivity contribution in [2.24, 2.45) is 5.92 Å². The first-order valence-corrected chi connectivity index (χ1v) is 11.0. The van der Waals surface area contributed by atoms with Crippen molar-refractivity contribution in [3.05, 3.63) is 46.3 Å². The Morgan fingerprint density at radius 3 is 2.68 bits per heavy atom. The number of halogens is 4. The van der Waals surface area contributed by atoms with Crippen molar-refractivity contribution in [1.29, 1.82) is 0 Å². The molecule has 0 radical (unpaired) electrons. The Morgan fingerprint density at radius 2 is 2.04 bits per heavy atom. The first-order chi connectivity index (χ1) is 13.1. The number of amides is 1. The molecule has 0 saturated carbocycles. The van der Waals surface area contributed by atoms with E-state index in [1.165, 1.54) is 10.4 Å². The molecule has 3 rings (SSSR count). The zero-order valence-corrected chi connectivity index (χ0v) is 16.8. The molecule has 1 N–H and O–H groups in total. The van der Waals surface area contributed by atoms with Crippen molar-refractivity contribution < 1.29 is 26.4 Å². The number of nitrogens with one attached hydrogen (secondary N) is 1. The Kier molecular flexibility index (Phi) is 6.04. The number of hydrogen-bond acceptors (Lipinski definition) is 4. The fraction of sp³-hybridized carbons (Fsp3) is 0.353. The van der Waals surface area contributed by atoms with E-state index < -0.39 is 33.6 Å². The van der Waals surface area contributed by atoms with Crippen molar-refractivity contribution in [1.82, 2.24) is 4.31 Å². The highest BCUT2D eigenvalue weighted by atomic mass is 35.5. The van der Waals surface area contributed by atoms with Gasteiger partial charge in [0.25, 0.3) is 10.0 Å². The summed E-state index contributed by atoms with van der Waals surface area (Å²) in [4.78, 5) is 12.6. The average Bonchev–Trinajstić information content (AvgIpc) is 3.18. The third-order valence-electron chi connectivity index (χ3n) is 4.40. The van der Waals surface area contributed by atoms with E-state index in [2.05, 4.69) is 5.32 Å². The van der Waals surface area contributed by atoms with Gasteiger partial charge in [-0.25, -0.2) is 8.42 Å². The molecule has 1 atom stereocenters. The molecule has 1 aromatic carbocycles. The normalized spacial score (nSPS) is 18.8. The van der Waals surface area contributed by atoms with Crippen LogP contribution < -0.4 is 5.32 Å². The molecule has 0 unspecified atom stereocenters. The second kappa shape index (κ2) is 8.02. The fourth-order valence-corrected chi connectivity index (χ4v) is 5.78. The maximum absolute atomic E-state index is 12.9. The summed E-state index contributed by atoms with van der Waals surface area (Å²) >= 11 is 7.00. The number of benzene rings is 1. The first-order valence-electron chi connectivity index (χ1n) is 8.30. The summed E-state index contributed by atoms with van der Waals surface area (Å²) in [5.41, 5.74) is -1.09. The fourth-order valence-electron chi connectivity index (χ4n) is 2.94. The smallest absolute Gasteiger partial charge is 0.324 e. The number of carbonyl (C=O) groups is 1. The van der Waals surface area contributed by atoms with Gasteiger partial charge in [-0.1, -0.05) is 17.7 Å². The van der Waals surface area contributed by atoms with E-state index in [0.717, 1.165) is 29.5 Å². The Balaban J connectivity index is 1.75. The van der Waals surface area contributed by atoms with Crippen LogP contribution in [0.4, 0.5) is 18.9 Å². The van der Waals surface area contributed by atoms with Crippen LogP contribution in [-0.2, 0) is 21.0 Å². The Bertz CT molecular complexity index is 963. The van der Waals surface area contributed by atoms with Crippen LogP contribution in [0.1, 0.15) is 18.4 Å². The molecule has 28 heavy (non-hydrogen) atoms. The zero-order valence-electron chi connectivity index (χ0n) is 14.4. The van der Waals surface area contributed by atoms with E-state index in [1.807, 2.05) is 0 Å². The molecule has 0 bridgehead atoms. The minimum Gasteiger partial charge on any atom is -0.324 e. The molecule has 0 aliphatic carbocycles. The molecule has 1 amide bonds. The van der Waals surface area contributed by atoms with Crippen LogP contribution in [0.25, 0.3) is 0 Å². The number of rotatable bonds is 4. The van der Waals surface area contributed by atoms with Crippen molar-refractivity contribution in [2.75, 3.05) is 18.4 Å². The van der Waals surface area contributed by atoms with E-state index in [1.54, 1.807) is 11.4 Å². The lowest BCUT2D eigenvalue weighted by Crippen LogP contribution is -2.43. The Hall–Kier alpha value is -1.62. The summed E-state index contributed by atoms with van der Waals surface area (Å²) in [5.74, 6) is -1.25. The summed E-state index contributed by atoms with van der Waals surface area (Å²) in [6.07, 6.45) is -3.67. The van der Waals surface area contributed by atoms with E-state index in [9.17, 15) is 26.4 Å². The number of anilines is 1. The lowest BCUT2D eigenvalue weighted by Gasteiger charge is -2.30. The molecule has 152 valence electrons. The minimum absolute atomic E-state index is 0.0276. The van der Waals surface area contributed by atoms with E-state index >= 15 is 0 Å². The lowest BCUT2D eigenvalue weighted by molar-refractivity contribution is -0.137. The van der Waals surface area contributed by atoms with Gasteiger partial charge in [0, 0.05) is 13.1 Å². The molecule has 1 aliphatic heterocycles. The van der Waals surface area contributed by atoms with Gasteiger partial charge >= 0.3 is 6.18 Å². The number of alkyl halides is 3. The number of nitrogens with zero attached hydrogens (tertiary/aromatic N) is 1. The third-order valence-corrected chi connectivity index (χ3v) is 7.96. The number of thiophene rings is 1. The summed E-state index contributed by atoms with van der Waals surface area (Å²) in [6, 6.07) is 5.78. The molecule has 5 nitrogen and oxygen atoms in total. The molecule has 1 saturated heterocycles. The SMILES string of the molecule is O=C(Nc1cc(C(F)(F)F)ccc1Cl)[C@@H]1CCCN(S(=O)(=O)c2cccs2)C1. The zero-order chi connectivity index (χ0) is 20.5. The maximum Gasteiger partial charge on any atom is 0.416 e. The molecule has 2 heterocycles. The first kappa shape index (κ1) is 21.1. The van der Waals surface area contributed by atoms with Gasteiger partial charge in [-0.2, -0.15) is 17.5 Å². The highest BCUT2D eigenvalue weighted by Gasteiger charge is 2.35. The molecule has 1 aliphatic rings. The van der Waals surface area contributed by atoms with Gasteiger partial charge in [-0.3, -0.25) is 4.79 Å². The summed E-state index contributed by atoms with van der Waals surface area (Å²) in [7, 11) is -3.70. The van der Waals surface area contributed by atoms with Gasteiger partial charge in [0.05, 0.1) is 22.2 Å². The quantitative estimate of drug-likeness (QED) is 0.744. The monoisotopic (exact) mass is 452 g/mol. The second-order valence-corrected chi connectivity index (χ2v) is 9.84. The molecule has 1 fully saturated rings. The van der Waals surface area contributed by atoms with E-state index in [-0.39, 0.29) is 28.0 Å². The van der Waals surface area contributed by atoms with Crippen molar-refractivity contribution in [2.45, 2.75) is 23.2 Å². The number of carbonyl (C=O) groups excluding carboxylic acids is 1. The molecule has 2 aromatic rings. The number of sulfonamides is 1. The van der Waals surface area contributed by atoms with Crippen LogP contribution in [0.15, 0.2) is 39.9 Å². The Labute approximate surface area is 169 Å². The number of piperidine rings is 1. The van der Waals surface area contributed by atoms with E-state index in [0.29, 0.717) is 12.8 Å². The average molecular weight is 453 g/mol. The van der Waals surface area contributed by atoms with Gasteiger partial charge in [0.2, 0.25) is 5.91 Å². The van der Waals surface area contributed by atoms with Gasteiger partial charge < -0.3 is 5.32 Å². The summed E-state index contributed by atoms with van der Waals surface area (Å²) in [6.45, 7) is 0.247. The van der Waals surface area contributed by atoms with Gasteiger partial charge in [0.1, 0.15) is 4.21 Å². The largest absolute Gasteiger partial charge is 0.416 e. The molecular formula is C17H16ClF3N2O3S2. The molecule has 0 spiro atoms. The predicted octanol–water partition coefficient (Wildman–Crippen LogP) is 4.46. The van der Waals surface area contributed by atoms with Gasteiger partial charge in [-0.15, -0.1) is 11.3 Å². The maximum atomic E-state index is 12.9. The summed E-state index contributed by atoms with van der Waals surface area (Å²) in [5, 5.41) is 4.03. The highest BCUT2D eigenvalue weighted by molar-refractivity contribution is 7.91.